The zero-order valence-electron chi connectivity index (χ0n) is 18.1. The van der Waals surface area contributed by atoms with E-state index < -0.39 is 68.8 Å². The van der Waals surface area contributed by atoms with Gasteiger partial charge in [-0.05, 0) is 49.6 Å². The minimum Gasteiger partial charge on any atom is -0.405 e. The van der Waals surface area contributed by atoms with Crippen molar-refractivity contribution in [2.45, 2.75) is 37.7 Å². The third-order valence-corrected chi connectivity index (χ3v) is 6.50. The molecule has 0 N–H and O–H groups in total. The molecule has 0 saturated heterocycles. The highest BCUT2D eigenvalue weighted by Crippen LogP contribution is 2.46. The van der Waals surface area contributed by atoms with Gasteiger partial charge in [0, 0.05) is 16.2 Å². The minimum absolute atomic E-state index is 0.0269. The number of cyclic esters (lactones) is 1. The van der Waals surface area contributed by atoms with Crippen LogP contribution >= 0.6 is 34.8 Å². The maximum Gasteiger partial charge on any atom is 0.417 e. The standard InChI is InChI=1S/C23H15Cl3F7NO2/c1-10(7-16(25)18(26)11(2)24)14(22(28,29)30)9-17(27)12-3-4-13(15(8-12)23(31,32)33)19-34-21(5-6-21)20(35)36-19/h3-4,7-9,14H,1,5-6H2,2H3/b16-7+,17-9-,18-11-. The van der Waals surface area contributed by atoms with Gasteiger partial charge in [-0.1, -0.05) is 47.4 Å². The molecule has 1 unspecified atom stereocenters. The summed E-state index contributed by atoms with van der Waals surface area (Å²) in [6, 6.07) is 1.91. The number of carbonyl (C=O) groups is 1. The maximum atomic E-state index is 14.9. The molecule has 13 heteroatoms. The third-order valence-electron chi connectivity index (χ3n) is 5.33. The summed E-state index contributed by atoms with van der Waals surface area (Å²) in [5.41, 5.74) is -4.82. The Kier molecular flexibility index (Phi) is 7.75. The van der Waals surface area contributed by atoms with E-state index >= 15 is 0 Å². The number of esters is 1. The van der Waals surface area contributed by atoms with E-state index in [1.807, 2.05) is 0 Å². The first kappa shape index (κ1) is 28.3. The van der Waals surface area contributed by atoms with E-state index in [1.165, 1.54) is 6.92 Å². The molecule has 1 aromatic rings. The van der Waals surface area contributed by atoms with Crippen LogP contribution in [0.5, 0.6) is 0 Å². The van der Waals surface area contributed by atoms with Crippen LogP contribution in [0, 0.1) is 5.92 Å². The number of hydrogen-bond donors (Lipinski definition) is 0. The van der Waals surface area contributed by atoms with E-state index in [-0.39, 0.29) is 16.1 Å². The second-order valence-corrected chi connectivity index (χ2v) is 9.40. The van der Waals surface area contributed by atoms with Gasteiger partial charge in [0.05, 0.1) is 15.6 Å². The van der Waals surface area contributed by atoms with E-state index in [2.05, 4.69) is 11.6 Å². The first-order valence-corrected chi connectivity index (χ1v) is 11.2. The van der Waals surface area contributed by atoms with Crippen molar-refractivity contribution in [1.82, 2.24) is 0 Å². The van der Waals surface area contributed by atoms with Gasteiger partial charge in [-0.15, -0.1) is 0 Å². The minimum atomic E-state index is -5.08. The van der Waals surface area contributed by atoms with Crippen LogP contribution in [-0.2, 0) is 15.7 Å². The van der Waals surface area contributed by atoms with Crippen LogP contribution in [0.4, 0.5) is 30.7 Å². The van der Waals surface area contributed by atoms with Crippen molar-refractivity contribution in [2.24, 2.45) is 10.9 Å². The third kappa shape index (κ3) is 5.98. The Labute approximate surface area is 215 Å². The summed E-state index contributed by atoms with van der Waals surface area (Å²) in [5, 5.41) is -0.694. The summed E-state index contributed by atoms with van der Waals surface area (Å²) in [6.07, 6.45) is -8.71. The summed E-state index contributed by atoms with van der Waals surface area (Å²) in [4.78, 5) is 15.8. The number of allylic oxidation sites excluding steroid dienone is 6. The largest absolute Gasteiger partial charge is 0.417 e. The van der Waals surface area contributed by atoms with Crippen molar-refractivity contribution in [3.05, 3.63) is 74.3 Å². The van der Waals surface area contributed by atoms with Crippen molar-refractivity contribution in [3.63, 3.8) is 0 Å². The number of hydrogen-bond acceptors (Lipinski definition) is 3. The van der Waals surface area contributed by atoms with Crippen LogP contribution in [0.2, 0.25) is 0 Å². The van der Waals surface area contributed by atoms with E-state index in [1.54, 1.807) is 0 Å². The molecule has 3 nitrogen and oxygen atoms in total. The number of aliphatic imine (C=N–C) groups is 1. The fourth-order valence-electron chi connectivity index (χ4n) is 3.24. The second-order valence-electron chi connectivity index (χ2n) is 8.04. The van der Waals surface area contributed by atoms with E-state index in [9.17, 15) is 35.5 Å². The molecule has 36 heavy (non-hydrogen) atoms. The van der Waals surface area contributed by atoms with E-state index in [0.29, 0.717) is 18.9 Å². The summed E-state index contributed by atoms with van der Waals surface area (Å²) in [6.45, 7) is 4.57. The van der Waals surface area contributed by atoms with Crippen molar-refractivity contribution in [2.75, 3.05) is 0 Å². The zero-order valence-corrected chi connectivity index (χ0v) is 20.4. The van der Waals surface area contributed by atoms with Gasteiger partial charge in [-0.25, -0.2) is 14.2 Å². The number of halogens is 10. The van der Waals surface area contributed by atoms with Crippen LogP contribution in [0.1, 0.15) is 36.5 Å². The average Bonchev–Trinajstić information content (AvgIpc) is 3.47. The highest BCUT2D eigenvalue weighted by Gasteiger charge is 2.57. The SMILES string of the molecule is C=C(/C=C(Cl)\C(Cl)=C(/C)Cl)C(/C=C(\F)c1ccc(C2=NC3(CC3)C(=O)O2)c(C(F)(F)F)c1)C(F)(F)F. The average molecular weight is 577 g/mol. The second kappa shape index (κ2) is 9.87. The molecule has 0 amide bonds. The molecule has 0 aromatic heterocycles. The summed E-state index contributed by atoms with van der Waals surface area (Å²) in [7, 11) is 0. The number of nitrogens with zero attached hydrogens (tertiary/aromatic N) is 1. The molecule has 2 aliphatic rings. The fourth-order valence-corrected chi connectivity index (χ4v) is 3.73. The number of alkyl halides is 6. The first-order chi connectivity index (χ1) is 16.5. The smallest absolute Gasteiger partial charge is 0.405 e. The fraction of sp³-hybridized carbons (Fsp3) is 0.304. The molecule has 1 atom stereocenters. The number of ether oxygens (including phenoxy) is 1. The zero-order chi connectivity index (χ0) is 27.2. The van der Waals surface area contributed by atoms with Crippen molar-refractivity contribution >= 4 is 52.5 Å². The molecule has 1 aliphatic carbocycles. The number of rotatable bonds is 6. The van der Waals surface area contributed by atoms with Gasteiger partial charge in [0.25, 0.3) is 0 Å². The Morgan fingerprint density at radius 2 is 1.78 bits per heavy atom. The van der Waals surface area contributed by atoms with Crippen molar-refractivity contribution < 1.29 is 40.3 Å². The molecule has 1 fully saturated rings. The predicted octanol–water partition coefficient (Wildman–Crippen LogP) is 8.42. The molecule has 0 radical (unpaired) electrons. The molecule has 3 rings (SSSR count). The topological polar surface area (TPSA) is 38.7 Å². The molecular weight excluding hydrogens is 562 g/mol. The van der Waals surface area contributed by atoms with Crippen LogP contribution in [-0.4, -0.2) is 23.6 Å². The maximum absolute atomic E-state index is 14.9. The highest BCUT2D eigenvalue weighted by atomic mass is 35.5. The molecule has 0 bridgehead atoms. The van der Waals surface area contributed by atoms with Gasteiger partial charge >= 0.3 is 18.3 Å². The van der Waals surface area contributed by atoms with Crippen LogP contribution in [0.15, 0.2) is 62.6 Å². The Morgan fingerprint density at radius 1 is 1.17 bits per heavy atom. The quantitative estimate of drug-likeness (QED) is 0.194. The molecule has 1 saturated carbocycles. The van der Waals surface area contributed by atoms with Gasteiger partial charge in [-0.2, -0.15) is 26.3 Å². The van der Waals surface area contributed by atoms with E-state index in [4.69, 9.17) is 39.5 Å². The van der Waals surface area contributed by atoms with Crippen molar-refractivity contribution in [3.8, 4) is 0 Å². The van der Waals surface area contributed by atoms with Crippen LogP contribution in [0.25, 0.3) is 5.83 Å². The van der Waals surface area contributed by atoms with Gasteiger partial charge in [0.2, 0.25) is 5.90 Å². The highest BCUT2D eigenvalue weighted by molar-refractivity contribution is 6.47. The number of carbonyl (C=O) groups excluding carboxylic acids is 1. The predicted molar refractivity (Wildman–Crippen MR) is 122 cm³/mol. The lowest BCUT2D eigenvalue weighted by atomic mass is 9.96. The molecular formula is C23H15Cl3F7NO2. The molecule has 1 aliphatic heterocycles. The Hall–Kier alpha value is -2.30. The Morgan fingerprint density at radius 3 is 2.25 bits per heavy atom. The van der Waals surface area contributed by atoms with Gasteiger partial charge in [0.15, 0.2) is 5.54 Å². The Balaban J connectivity index is 2.02. The lowest BCUT2D eigenvalue weighted by Gasteiger charge is -2.19. The Bertz CT molecular complexity index is 1240. The van der Waals surface area contributed by atoms with Gasteiger partial charge in [0.1, 0.15) is 11.7 Å². The van der Waals surface area contributed by atoms with E-state index in [0.717, 1.165) is 18.2 Å². The summed E-state index contributed by atoms with van der Waals surface area (Å²) >= 11 is 17.3. The summed E-state index contributed by atoms with van der Waals surface area (Å²) in [5.74, 6) is -5.64. The summed E-state index contributed by atoms with van der Waals surface area (Å²) < 4.78 is 102. The monoisotopic (exact) mass is 575 g/mol. The molecule has 1 spiro atoms. The van der Waals surface area contributed by atoms with Crippen LogP contribution < -0.4 is 0 Å². The lowest BCUT2D eigenvalue weighted by Crippen LogP contribution is -2.22. The lowest BCUT2D eigenvalue weighted by molar-refractivity contribution is -0.150. The van der Waals surface area contributed by atoms with Crippen LogP contribution in [0.3, 0.4) is 0 Å². The first-order valence-electron chi connectivity index (χ1n) is 10.0. The molecule has 1 heterocycles. The van der Waals surface area contributed by atoms with Gasteiger partial charge < -0.3 is 4.74 Å². The van der Waals surface area contributed by atoms with Gasteiger partial charge in [-0.3, -0.25) is 0 Å². The molecule has 194 valence electrons. The number of benzene rings is 1. The van der Waals surface area contributed by atoms with Crippen molar-refractivity contribution in [1.29, 1.82) is 0 Å². The normalized spacial score (nSPS) is 19.6. The molecule has 1 aromatic carbocycles.